The van der Waals surface area contributed by atoms with E-state index in [4.69, 9.17) is 4.99 Å². The fourth-order valence-electron chi connectivity index (χ4n) is 6.33. The maximum absolute atomic E-state index is 5.14. The first-order valence-corrected chi connectivity index (χ1v) is 15.0. The summed E-state index contributed by atoms with van der Waals surface area (Å²) in [6.07, 6.45) is 3.96. The van der Waals surface area contributed by atoms with Crippen LogP contribution in [0.4, 0.5) is 5.69 Å². The Morgan fingerprint density at radius 1 is 0.667 bits per heavy atom. The van der Waals surface area contributed by atoms with Crippen molar-refractivity contribution in [2.24, 2.45) is 9.98 Å². The zero-order chi connectivity index (χ0) is 30.2. The number of hydrogen-bond donors (Lipinski definition) is 0. The monoisotopic (exact) mass is 579 g/mol. The normalized spacial score (nSPS) is 11.9. The van der Waals surface area contributed by atoms with Crippen LogP contribution >= 0.6 is 0 Å². The average Bonchev–Trinajstić information content (AvgIpc) is 3.69. The van der Waals surface area contributed by atoms with Crippen LogP contribution in [0.5, 0.6) is 0 Å². The van der Waals surface area contributed by atoms with Crippen LogP contribution in [0.2, 0.25) is 0 Å². The lowest BCUT2D eigenvalue weighted by Gasteiger charge is -2.13. The van der Waals surface area contributed by atoms with Crippen molar-refractivity contribution in [3.8, 4) is 11.4 Å². The van der Waals surface area contributed by atoms with Gasteiger partial charge in [-0.2, -0.15) is 0 Å². The molecule has 5 nitrogen and oxygen atoms in total. The van der Waals surface area contributed by atoms with Crippen LogP contribution < -0.4 is 0 Å². The predicted molar refractivity (Wildman–Crippen MR) is 187 cm³/mol. The van der Waals surface area contributed by atoms with Gasteiger partial charge in [0.05, 0.1) is 40.2 Å². The van der Waals surface area contributed by atoms with Crippen molar-refractivity contribution in [3.05, 3.63) is 169 Å². The number of aliphatic imine (C=N–C) groups is 2. The molecule has 0 saturated carbocycles. The Morgan fingerprint density at radius 3 is 2.33 bits per heavy atom. The molecular weight excluding hydrogens is 550 g/mol. The minimum absolute atomic E-state index is 0.484. The predicted octanol–water partition coefficient (Wildman–Crippen LogP) is 9.49. The first kappa shape index (κ1) is 26.5. The topological polar surface area (TPSA) is 47.5 Å². The fraction of sp³-hybridized carbons (Fsp3) is 0.0250. The maximum Gasteiger partial charge on any atom is 0.0928 e. The van der Waals surface area contributed by atoms with E-state index in [1.807, 2.05) is 42.5 Å². The number of nitrogens with zero attached hydrogens (tertiary/aromatic N) is 5. The van der Waals surface area contributed by atoms with Crippen LogP contribution in [0.25, 0.3) is 44.1 Å². The molecule has 0 N–H and O–H groups in total. The molecular formula is C40H29N5. The minimum atomic E-state index is 0.484. The molecule has 0 unspecified atom stereocenters. The van der Waals surface area contributed by atoms with Crippen molar-refractivity contribution in [1.82, 2.24) is 14.1 Å². The van der Waals surface area contributed by atoms with Crippen LogP contribution in [-0.2, 0) is 6.54 Å². The van der Waals surface area contributed by atoms with Gasteiger partial charge in [0.25, 0.3) is 0 Å². The third kappa shape index (κ3) is 4.62. The molecule has 8 aromatic rings. The number of pyridine rings is 1. The molecule has 0 amide bonds. The zero-order valence-corrected chi connectivity index (χ0v) is 24.6. The number of hydrogen-bond acceptors (Lipinski definition) is 3. The molecule has 3 heterocycles. The molecule has 0 radical (unpaired) electrons. The van der Waals surface area contributed by atoms with Crippen LogP contribution in [0.3, 0.4) is 0 Å². The van der Waals surface area contributed by atoms with Crippen molar-refractivity contribution < 1.29 is 0 Å². The van der Waals surface area contributed by atoms with Crippen LogP contribution in [-0.4, -0.2) is 26.5 Å². The summed E-state index contributed by atoms with van der Waals surface area (Å²) in [7, 11) is 0. The number of benzene rings is 5. The summed E-state index contributed by atoms with van der Waals surface area (Å²) in [6, 6.07) is 48.4. The molecule has 45 heavy (non-hydrogen) atoms. The van der Waals surface area contributed by atoms with E-state index in [1.54, 1.807) is 6.20 Å². The molecule has 8 rings (SSSR count). The Hall–Kier alpha value is -6.07. The third-order valence-corrected chi connectivity index (χ3v) is 8.35. The van der Waals surface area contributed by atoms with E-state index in [-0.39, 0.29) is 0 Å². The van der Waals surface area contributed by atoms with Gasteiger partial charge in [-0.15, -0.1) is 0 Å². The lowest BCUT2D eigenvalue weighted by atomic mass is 10.0. The highest BCUT2D eigenvalue weighted by Gasteiger charge is 2.18. The summed E-state index contributed by atoms with van der Waals surface area (Å²) >= 11 is 0. The number of fused-ring (bicyclic) bond motifs is 5. The van der Waals surface area contributed by atoms with Crippen molar-refractivity contribution in [2.75, 3.05) is 0 Å². The Balaban J connectivity index is 1.31. The van der Waals surface area contributed by atoms with Gasteiger partial charge < -0.3 is 9.13 Å². The van der Waals surface area contributed by atoms with Crippen molar-refractivity contribution >= 4 is 50.8 Å². The molecule has 214 valence electrons. The summed E-state index contributed by atoms with van der Waals surface area (Å²) in [4.78, 5) is 14.0. The van der Waals surface area contributed by atoms with Gasteiger partial charge in [-0.3, -0.25) is 15.0 Å². The highest BCUT2D eigenvalue weighted by molar-refractivity contribution is 6.18. The van der Waals surface area contributed by atoms with Crippen LogP contribution in [0.15, 0.2) is 162 Å². The molecule has 0 atom stereocenters. The Labute approximate surface area is 261 Å². The summed E-state index contributed by atoms with van der Waals surface area (Å²) < 4.78 is 4.70. The van der Waals surface area contributed by atoms with Crippen LogP contribution in [0.1, 0.15) is 16.8 Å². The molecule has 0 aliphatic carbocycles. The van der Waals surface area contributed by atoms with Crippen molar-refractivity contribution in [1.29, 1.82) is 0 Å². The molecule has 5 heteroatoms. The smallest absolute Gasteiger partial charge is 0.0928 e. The second-order valence-electron chi connectivity index (χ2n) is 11.0. The van der Waals surface area contributed by atoms with Gasteiger partial charge in [-0.05, 0) is 66.9 Å². The van der Waals surface area contributed by atoms with Crippen molar-refractivity contribution in [2.45, 2.75) is 6.54 Å². The lowest BCUT2D eigenvalue weighted by molar-refractivity contribution is 1.05. The Bertz CT molecular complexity index is 2360. The zero-order valence-electron chi connectivity index (χ0n) is 24.6. The number of para-hydroxylation sites is 3. The highest BCUT2D eigenvalue weighted by Crippen LogP contribution is 2.38. The summed E-state index contributed by atoms with van der Waals surface area (Å²) in [5, 5.41) is 3.65. The van der Waals surface area contributed by atoms with Gasteiger partial charge in [0, 0.05) is 45.5 Å². The van der Waals surface area contributed by atoms with E-state index in [1.165, 1.54) is 32.7 Å². The Kier molecular flexibility index (Phi) is 6.61. The van der Waals surface area contributed by atoms with Gasteiger partial charge in [-0.1, -0.05) is 84.9 Å². The van der Waals surface area contributed by atoms with E-state index in [2.05, 4.69) is 129 Å². The molecule has 0 fully saturated rings. The van der Waals surface area contributed by atoms with Crippen LogP contribution in [0, 0.1) is 0 Å². The van der Waals surface area contributed by atoms with Gasteiger partial charge in [0.1, 0.15) is 0 Å². The molecule has 0 saturated heterocycles. The van der Waals surface area contributed by atoms with E-state index in [0.29, 0.717) is 6.54 Å². The first-order valence-electron chi connectivity index (χ1n) is 15.0. The quantitative estimate of drug-likeness (QED) is 0.174. The number of rotatable bonds is 7. The fourth-order valence-corrected chi connectivity index (χ4v) is 6.33. The standard InChI is InChI=1S/C40H29N5/c1-41-35-18-7-5-17-34(35)38(36-19-9-10-24-42-36)43-27-28-12-11-15-31(26-28)45-37-20-8-6-16-32(37)33-22-21-29-23-25-44(39(29)40(33)45)30-13-3-2-4-14-30/h2-26H,1,27H2. The first-order chi connectivity index (χ1) is 22.3. The van der Waals surface area contributed by atoms with Gasteiger partial charge in [-0.25, -0.2) is 0 Å². The minimum Gasteiger partial charge on any atom is -0.315 e. The molecule has 3 aromatic heterocycles. The summed E-state index contributed by atoms with van der Waals surface area (Å²) in [5.74, 6) is 0. The van der Waals surface area contributed by atoms with Gasteiger partial charge >= 0.3 is 0 Å². The van der Waals surface area contributed by atoms with E-state index in [9.17, 15) is 0 Å². The van der Waals surface area contributed by atoms with Gasteiger partial charge in [0.2, 0.25) is 0 Å². The average molecular weight is 580 g/mol. The SMILES string of the molecule is C=Nc1ccccc1C(=NCc1cccc(-n2c3ccccc3c3ccc4ccn(-c5ccccc5)c4c32)c1)c1ccccn1. The molecule has 5 aromatic carbocycles. The van der Waals surface area contributed by atoms with E-state index >= 15 is 0 Å². The lowest BCUT2D eigenvalue weighted by Crippen LogP contribution is -2.07. The summed E-state index contributed by atoms with van der Waals surface area (Å²) in [5.41, 5.74) is 10.2. The molecule has 0 bridgehead atoms. The van der Waals surface area contributed by atoms with Crippen molar-refractivity contribution in [3.63, 3.8) is 0 Å². The maximum atomic E-state index is 5.14. The molecule has 0 aliphatic heterocycles. The number of aromatic nitrogens is 3. The highest BCUT2D eigenvalue weighted by atomic mass is 15.0. The third-order valence-electron chi connectivity index (χ3n) is 8.35. The van der Waals surface area contributed by atoms with E-state index < -0.39 is 0 Å². The second-order valence-corrected chi connectivity index (χ2v) is 11.0. The molecule has 0 spiro atoms. The molecule has 0 aliphatic rings. The van der Waals surface area contributed by atoms with E-state index in [0.717, 1.165) is 39.6 Å². The second kappa shape index (κ2) is 11.2. The Morgan fingerprint density at radius 2 is 1.47 bits per heavy atom. The largest absolute Gasteiger partial charge is 0.315 e. The summed E-state index contributed by atoms with van der Waals surface area (Å²) in [6.45, 7) is 4.27. The van der Waals surface area contributed by atoms with Gasteiger partial charge in [0.15, 0.2) is 0 Å².